The highest BCUT2D eigenvalue weighted by Crippen LogP contribution is 2.35. The van der Waals surface area contributed by atoms with Gasteiger partial charge in [0.15, 0.2) is 5.88 Å². The van der Waals surface area contributed by atoms with Crippen LogP contribution in [0.5, 0.6) is 5.88 Å². The molecule has 1 unspecified atom stereocenters. The van der Waals surface area contributed by atoms with Gasteiger partial charge in [0.1, 0.15) is 0 Å². The summed E-state index contributed by atoms with van der Waals surface area (Å²) in [4.78, 5) is 20.4. The Hall–Kier alpha value is -2.75. The summed E-state index contributed by atoms with van der Waals surface area (Å²) in [5, 5.41) is 4.18. The molecule has 0 saturated carbocycles. The fourth-order valence-electron chi connectivity index (χ4n) is 4.49. The molecular formula is C25H32N4O4S. The maximum atomic E-state index is 12.9. The average Bonchev–Trinajstić information content (AvgIpc) is 3.30. The van der Waals surface area contributed by atoms with Crippen LogP contribution in [0.15, 0.2) is 41.3 Å². The molecule has 34 heavy (non-hydrogen) atoms. The summed E-state index contributed by atoms with van der Waals surface area (Å²) >= 11 is 0. The number of fused-ring (bicyclic) bond motifs is 1. The van der Waals surface area contributed by atoms with Gasteiger partial charge in [-0.05, 0) is 72.3 Å². The number of hydrogen-bond donors (Lipinski definition) is 3. The van der Waals surface area contributed by atoms with Crippen molar-refractivity contribution in [3.05, 3.63) is 58.0 Å². The van der Waals surface area contributed by atoms with Crippen molar-refractivity contribution in [2.24, 2.45) is 5.92 Å². The Morgan fingerprint density at radius 2 is 1.94 bits per heavy atom. The van der Waals surface area contributed by atoms with Gasteiger partial charge in [-0.3, -0.25) is 14.8 Å². The Balaban J connectivity index is 1.92. The topological polar surface area (TPSA) is 113 Å². The summed E-state index contributed by atoms with van der Waals surface area (Å²) in [6.45, 7) is 7.94. The number of aromatic nitrogens is 2. The first-order valence-electron chi connectivity index (χ1n) is 11.4. The first-order chi connectivity index (χ1) is 16.0. The van der Waals surface area contributed by atoms with Gasteiger partial charge in [-0.25, -0.2) is 13.1 Å². The molecule has 1 fully saturated rings. The molecule has 2 atom stereocenters. The zero-order valence-electron chi connectivity index (χ0n) is 20.2. The van der Waals surface area contributed by atoms with E-state index < -0.39 is 10.0 Å². The second-order valence-electron chi connectivity index (χ2n) is 10.0. The van der Waals surface area contributed by atoms with Crippen molar-refractivity contribution in [1.29, 1.82) is 0 Å². The molecule has 3 aromatic rings. The van der Waals surface area contributed by atoms with Crippen LogP contribution < -0.4 is 20.3 Å². The van der Waals surface area contributed by atoms with E-state index in [0.29, 0.717) is 17.0 Å². The molecule has 0 aliphatic carbocycles. The summed E-state index contributed by atoms with van der Waals surface area (Å²) in [6, 6.07) is 9.18. The maximum Gasteiger partial charge on any atom is 0.258 e. The zero-order valence-corrected chi connectivity index (χ0v) is 21.0. The van der Waals surface area contributed by atoms with Gasteiger partial charge in [0, 0.05) is 22.7 Å². The predicted molar refractivity (Wildman–Crippen MR) is 135 cm³/mol. The molecule has 9 heteroatoms. The summed E-state index contributed by atoms with van der Waals surface area (Å²) < 4.78 is 32.3. The van der Waals surface area contributed by atoms with Crippen LogP contribution in [0.4, 0.5) is 0 Å². The molecule has 3 N–H and O–H groups in total. The maximum absolute atomic E-state index is 12.9. The summed E-state index contributed by atoms with van der Waals surface area (Å²) in [6.07, 6.45) is 3.78. The van der Waals surface area contributed by atoms with E-state index in [1.807, 2.05) is 12.1 Å². The fraction of sp³-hybridized carbons (Fsp3) is 0.440. The molecule has 0 amide bonds. The molecule has 1 aliphatic heterocycles. The minimum absolute atomic E-state index is 0.128. The Morgan fingerprint density at radius 3 is 2.53 bits per heavy atom. The SMILES string of the molecule is COc1ccc(-c2cc(C(C)(C)C)cc3cc([C@@H](NS(C)(=O)=O)C4CCNC4)cnc23)c(=O)[nH]1. The molecular weight excluding hydrogens is 452 g/mol. The van der Waals surface area contributed by atoms with Gasteiger partial charge in [0.05, 0.1) is 24.9 Å². The van der Waals surface area contributed by atoms with Crippen molar-refractivity contribution in [3.63, 3.8) is 0 Å². The lowest BCUT2D eigenvalue weighted by molar-refractivity contribution is 0.397. The summed E-state index contributed by atoms with van der Waals surface area (Å²) in [5.41, 5.74) is 3.36. The van der Waals surface area contributed by atoms with Crippen molar-refractivity contribution < 1.29 is 13.2 Å². The van der Waals surface area contributed by atoms with Crippen molar-refractivity contribution in [1.82, 2.24) is 20.0 Å². The Kier molecular flexibility index (Phi) is 6.54. The number of benzene rings is 1. The van der Waals surface area contributed by atoms with Crippen LogP contribution in [0.25, 0.3) is 22.0 Å². The highest BCUT2D eigenvalue weighted by atomic mass is 32.2. The van der Waals surface area contributed by atoms with Crippen LogP contribution >= 0.6 is 0 Å². The number of pyridine rings is 2. The molecule has 182 valence electrons. The van der Waals surface area contributed by atoms with E-state index in [2.05, 4.69) is 41.9 Å². The van der Waals surface area contributed by atoms with Gasteiger partial charge >= 0.3 is 0 Å². The number of aromatic amines is 1. The molecule has 1 aromatic carbocycles. The van der Waals surface area contributed by atoms with Crippen LogP contribution in [0.2, 0.25) is 0 Å². The van der Waals surface area contributed by atoms with E-state index in [-0.39, 0.29) is 22.9 Å². The standard InChI is InChI=1S/C25H32N4O4S/c1-25(2,3)18-11-16-10-17(22(29-34(5,31)32)15-8-9-26-13-15)14-27-23(16)20(12-18)19-6-7-21(33-4)28-24(19)30/h6-7,10-12,14-15,22,26,29H,8-9,13H2,1-5H3,(H,28,30)/t15?,22-/m0/s1. The second-order valence-corrected chi connectivity index (χ2v) is 11.8. The number of H-pyrrole nitrogens is 1. The highest BCUT2D eigenvalue weighted by Gasteiger charge is 2.29. The second kappa shape index (κ2) is 9.13. The predicted octanol–water partition coefficient (Wildman–Crippen LogP) is 3.10. The first-order valence-corrected chi connectivity index (χ1v) is 13.3. The Bertz CT molecular complexity index is 1370. The molecule has 0 radical (unpaired) electrons. The van der Waals surface area contributed by atoms with Crippen molar-refractivity contribution in [3.8, 4) is 17.0 Å². The molecule has 0 spiro atoms. The number of nitrogens with one attached hydrogen (secondary N) is 3. The highest BCUT2D eigenvalue weighted by molar-refractivity contribution is 7.88. The van der Waals surface area contributed by atoms with Crippen molar-refractivity contribution in [2.75, 3.05) is 26.5 Å². The quantitative estimate of drug-likeness (QED) is 0.496. The minimum Gasteiger partial charge on any atom is -0.482 e. The summed E-state index contributed by atoms with van der Waals surface area (Å²) in [5.74, 6) is 0.517. The number of nitrogens with zero attached hydrogens (tertiary/aromatic N) is 1. The van der Waals surface area contributed by atoms with E-state index in [9.17, 15) is 13.2 Å². The van der Waals surface area contributed by atoms with E-state index in [1.165, 1.54) is 13.4 Å². The molecule has 8 nitrogen and oxygen atoms in total. The van der Waals surface area contributed by atoms with E-state index in [1.54, 1.807) is 18.3 Å². The fourth-order valence-corrected chi connectivity index (χ4v) is 5.28. The lowest BCUT2D eigenvalue weighted by atomic mass is 9.83. The van der Waals surface area contributed by atoms with Crippen LogP contribution in [-0.2, 0) is 15.4 Å². The smallest absolute Gasteiger partial charge is 0.258 e. The van der Waals surface area contributed by atoms with Crippen LogP contribution in [0, 0.1) is 5.92 Å². The minimum atomic E-state index is -3.42. The molecule has 0 bridgehead atoms. The van der Waals surface area contributed by atoms with Crippen molar-refractivity contribution >= 4 is 20.9 Å². The summed E-state index contributed by atoms with van der Waals surface area (Å²) in [7, 11) is -1.92. The van der Waals surface area contributed by atoms with Gasteiger partial charge < -0.3 is 10.1 Å². The van der Waals surface area contributed by atoms with Crippen molar-refractivity contribution in [2.45, 2.75) is 38.6 Å². The number of ether oxygens (including phenoxy) is 1. The third-order valence-electron chi connectivity index (χ3n) is 6.33. The third kappa shape index (κ3) is 5.16. The largest absolute Gasteiger partial charge is 0.482 e. The molecule has 1 aliphatic rings. The molecule has 4 rings (SSSR count). The van der Waals surface area contributed by atoms with Gasteiger partial charge in [-0.1, -0.05) is 20.8 Å². The zero-order chi connectivity index (χ0) is 24.7. The molecule has 3 heterocycles. The Labute approximate surface area is 200 Å². The number of methoxy groups -OCH3 is 1. The van der Waals surface area contributed by atoms with Crippen LogP contribution in [0.1, 0.15) is 44.4 Å². The lowest BCUT2D eigenvalue weighted by Crippen LogP contribution is -2.33. The van der Waals surface area contributed by atoms with E-state index >= 15 is 0 Å². The molecule has 1 saturated heterocycles. The van der Waals surface area contributed by atoms with Gasteiger partial charge in [-0.15, -0.1) is 0 Å². The number of rotatable bonds is 6. The van der Waals surface area contributed by atoms with Crippen LogP contribution in [-0.4, -0.2) is 44.8 Å². The first kappa shape index (κ1) is 24.4. The normalized spacial score (nSPS) is 17.7. The lowest BCUT2D eigenvalue weighted by Gasteiger charge is -2.25. The molecule has 2 aromatic heterocycles. The van der Waals surface area contributed by atoms with E-state index in [4.69, 9.17) is 9.72 Å². The van der Waals surface area contributed by atoms with Gasteiger partial charge in [0.25, 0.3) is 5.56 Å². The van der Waals surface area contributed by atoms with Gasteiger partial charge in [0.2, 0.25) is 10.0 Å². The van der Waals surface area contributed by atoms with E-state index in [0.717, 1.165) is 41.6 Å². The number of hydrogen-bond acceptors (Lipinski definition) is 6. The third-order valence-corrected chi connectivity index (χ3v) is 7.02. The number of sulfonamides is 1. The van der Waals surface area contributed by atoms with Gasteiger partial charge in [-0.2, -0.15) is 0 Å². The average molecular weight is 485 g/mol. The van der Waals surface area contributed by atoms with Crippen LogP contribution in [0.3, 0.4) is 0 Å². The monoisotopic (exact) mass is 484 g/mol. The Morgan fingerprint density at radius 1 is 1.18 bits per heavy atom.